The van der Waals surface area contributed by atoms with Gasteiger partial charge in [0, 0.05) is 45.5 Å². The Kier molecular flexibility index (Phi) is 6.55. The molecule has 0 bridgehead atoms. The van der Waals surface area contributed by atoms with Crippen molar-refractivity contribution < 1.29 is 14.3 Å². The molecule has 0 aromatic heterocycles. The summed E-state index contributed by atoms with van der Waals surface area (Å²) in [5, 5.41) is 12.1. The van der Waals surface area contributed by atoms with Crippen molar-refractivity contribution in [1.82, 2.24) is 15.1 Å². The number of hydrogen-bond acceptors (Lipinski definition) is 6. The third kappa shape index (κ3) is 5.14. The molecule has 0 saturated carbocycles. The van der Waals surface area contributed by atoms with E-state index in [-0.39, 0.29) is 18.3 Å². The second-order valence-electron chi connectivity index (χ2n) is 6.76. The monoisotopic (exact) mass is 370 g/mol. The molecule has 1 N–H and O–H groups in total. The van der Waals surface area contributed by atoms with Crippen LogP contribution in [0.3, 0.4) is 0 Å². The molecule has 1 amide bonds. The van der Waals surface area contributed by atoms with Crippen LogP contribution in [0.25, 0.3) is 0 Å². The van der Waals surface area contributed by atoms with E-state index in [0.29, 0.717) is 6.54 Å². The minimum absolute atomic E-state index is 0.176. The number of nitrogens with one attached hydrogen (secondary N) is 1. The summed E-state index contributed by atoms with van der Waals surface area (Å²) in [5.74, 6) is 1.32. The van der Waals surface area contributed by atoms with E-state index in [9.17, 15) is 10.1 Å². The van der Waals surface area contributed by atoms with Crippen LogP contribution in [0.2, 0.25) is 0 Å². The number of unbranched alkanes of at least 4 members (excludes halogenated alkanes) is 1. The highest BCUT2D eigenvalue weighted by molar-refractivity contribution is 5.97. The van der Waals surface area contributed by atoms with Crippen LogP contribution in [0.15, 0.2) is 30.0 Å². The number of piperazine rings is 1. The minimum Gasteiger partial charge on any atom is -0.454 e. The van der Waals surface area contributed by atoms with E-state index in [2.05, 4.69) is 23.2 Å². The molecule has 144 valence electrons. The summed E-state index contributed by atoms with van der Waals surface area (Å²) in [7, 11) is 0. The molecule has 0 unspecified atom stereocenters. The van der Waals surface area contributed by atoms with Crippen molar-refractivity contribution in [3.05, 3.63) is 35.5 Å². The molecule has 3 rings (SSSR count). The molecule has 7 heteroatoms. The Balaban J connectivity index is 1.49. The van der Waals surface area contributed by atoms with Gasteiger partial charge in [-0.25, -0.2) is 0 Å². The summed E-state index contributed by atoms with van der Waals surface area (Å²) in [5.41, 5.74) is 1.37. The van der Waals surface area contributed by atoms with Crippen LogP contribution in [0, 0.1) is 11.3 Å². The summed E-state index contributed by atoms with van der Waals surface area (Å²) >= 11 is 0. The van der Waals surface area contributed by atoms with E-state index in [0.717, 1.165) is 57.1 Å². The third-order valence-corrected chi connectivity index (χ3v) is 4.74. The first-order chi connectivity index (χ1) is 13.2. The topological polar surface area (TPSA) is 77.8 Å². The molecule has 7 nitrogen and oxygen atoms in total. The summed E-state index contributed by atoms with van der Waals surface area (Å²) in [4.78, 5) is 16.5. The van der Waals surface area contributed by atoms with E-state index in [1.807, 2.05) is 23.1 Å². The molecule has 1 saturated heterocycles. The Morgan fingerprint density at radius 2 is 2.04 bits per heavy atom. The lowest BCUT2D eigenvalue weighted by Crippen LogP contribution is -2.44. The standard InChI is InChI=1S/C20H26N4O3/c1-2-3-6-22-20(25)17(12-21)14-24-9-7-23(8-10-24)13-16-4-5-18-19(11-16)27-15-26-18/h4-5,11,14H,2-3,6-10,13,15H2,1H3,(H,22,25)/b17-14+. The lowest BCUT2D eigenvalue weighted by Gasteiger charge is -2.34. The molecular formula is C20H26N4O3. The number of carbonyl (C=O) groups is 1. The van der Waals surface area contributed by atoms with Crippen LogP contribution in [0.1, 0.15) is 25.3 Å². The Morgan fingerprint density at radius 1 is 1.26 bits per heavy atom. The van der Waals surface area contributed by atoms with Crippen LogP contribution < -0.4 is 14.8 Å². The van der Waals surface area contributed by atoms with E-state index in [1.165, 1.54) is 5.56 Å². The second-order valence-corrected chi connectivity index (χ2v) is 6.76. The SMILES string of the molecule is CCCCNC(=O)/C(C#N)=C/N1CCN(Cc2ccc3c(c2)OCO3)CC1. The lowest BCUT2D eigenvalue weighted by atomic mass is 10.1. The number of carbonyl (C=O) groups excluding carboxylic acids is 1. The number of nitriles is 1. The number of rotatable bonds is 7. The highest BCUT2D eigenvalue weighted by atomic mass is 16.7. The average molecular weight is 370 g/mol. The van der Waals surface area contributed by atoms with E-state index >= 15 is 0 Å². The number of fused-ring (bicyclic) bond motifs is 1. The van der Waals surface area contributed by atoms with Gasteiger partial charge >= 0.3 is 0 Å². The van der Waals surface area contributed by atoms with Crippen molar-refractivity contribution in [3.63, 3.8) is 0 Å². The first kappa shape index (κ1) is 19.1. The van der Waals surface area contributed by atoms with E-state index < -0.39 is 0 Å². The maximum atomic E-state index is 12.1. The molecule has 0 spiro atoms. The maximum absolute atomic E-state index is 12.1. The lowest BCUT2D eigenvalue weighted by molar-refractivity contribution is -0.117. The average Bonchev–Trinajstić information content (AvgIpc) is 3.15. The molecule has 0 aliphatic carbocycles. The number of hydrogen-bond donors (Lipinski definition) is 1. The van der Waals surface area contributed by atoms with Gasteiger partial charge in [0.15, 0.2) is 11.5 Å². The molecule has 1 aromatic rings. The Bertz CT molecular complexity index is 733. The molecule has 2 heterocycles. The van der Waals surface area contributed by atoms with Crippen molar-refractivity contribution in [2.24, 2.45) is 0 Å². The van der Waals surface area contributed by atoms with E-state index in [1.54, 1.807) is 6.20 Å². The quantitative estimate of drug-likeness (QED) is 0.448. The van der Waals surface area contributed by atoms with Crippen molar-refractivity contribution >= 4 is 5.91 Å². The summed E-state index contributed by atoms with van der Waals surface area (Å²) in [6, 6.07) is 8.06. The Hall–Kier alpha value is -2.72. The van der Waals surface area contributed by atoms with Crippen molar-refractivity contribution in [3.8, 4) is 17.6 Å². The normalized spacial score (nSPS) is 16.9. The number of amides is 1. The molecule has 0 atom stereocenters. The van der Waals surface area contributed by atoms with Gasteiger partial charge in [0.1, 0.15) is 11.6 Å². The van der Waals surface area contributed by atoms with Crippen LogP contribution >= 0.6 is 0 Å². The fourth-order valence-corrected chi connectivity index (χ4v) is 3.14. The van der Waals surface area contributed by atoms with Gasteiger partial charge in [-0.3, -0.25) is 9.69 Å². The van der Waals surface area contributed by atoms with Crippen LogP contribution in [-0.2, 0) is 11.3 Å². The minimum atomic E-state index is -0.284. The number of nitrogens with zero attached hydrogens (tertiary/aromatic N) is 3. The fourth-order valence-electron chi connectivity index (χ4n) is 3.14. The van der Waals surface area contributed by atoms with Gasteiger partial charge in [-0.2, -0.15) is 5.26 Å². The number of ether oxygens (including phenoxy) is 2. The largest absolute Gasteiger partial charge is 0.454 e. The second kappa shape index (κ2) is 9.28. The summed E-state index contributed by atoms with van der Waals surface area (Å²) in [6.45, 7) is 7.14. The zero-order valence-corrected chi connectivity index (χ0v) is 15.7. The summed E-state index contributed by atoms with van der Waals surface area (Å²) in [6.07, 6.45) is 3.62. The summed E-state index contributed by atoms with van der Waals surface area (Å²) < 4.78 is 10.8. The highest BCUT2D eigenvalue weighted by Crippen LogP contribution is 2.32. The molecule has 1 aromatic carbocycles. The Labute approximate surface area is 160 Å². The molecule has 27 heavy (non-hydrogen) atoms. The van der Waals surface area contributed by atoms with Gasteiger partial charge in [-0.15, -0.1) is 0 Å². The van der Waals surface area contributed by atoms with Crippen molar-refractivity contribution in [2.75, 3.05) is 39.5 Å². The van der Waals surface area contributed by atoms with Crippen LogP contribution in [0.5, 0.6) is 11.5 Å². The zero-order valence-electron chi connectivity index (χ0n) is 15.7. The molecule has 0 radical (unpaired) electrons. The predicted octanol–water partition coefficient (Wildman–Crippen LogP) is 1.86. The van der Waals surface area contributed by atoms with E-state index in [4.69, 9.17) is 9.47 Å². The third-order valence-electron chi connectivity index (χ3n) is 4.74. The molecule has 1 fully saturated rings. The van der Waals surface area contributed by atoms with Gasteiger partial charge in [0.2, 0.25) is 6.79 Å². The number of benzene rings is 1. The van der Waals surface area contributed by atoms with Gasteiger partial charge < -0.3 is 19.7 Å². The highest BCUT2D eigenvalue weighted by Gasteiger charge is 2.19. The van der Waals surface area contributed by atoms with Crippen molar-refractivity contribution in [1.29, 1.82) is 5.26 Å². The first-order valence-electron chi connectivity index (χ1n) is 9.44. The predicted molar refractivity (Wildman–Crippen MR) is 101 cm³/mol. The van der Waals surface area contributed by atoms with Gasteiger partial charge in [-0.1, -0.05) is 19.4 Å². The molecular weight excluding hydrogens is 344 g/mol. The maximum Gasteiger partial charge on any atom is 0.263 e. The Morgan fingerprint density at radius 3 is 2.78 bits per heavy atom. The van der Waals surface area contributed by atoms with Crippen LogP contribution in [0.4, 0.5) is 0 Å². The molecule has 2 aliphatic heterocycles. The van der Waals surface area contributed by atoms with Gasteiger partial charge in [0.25, 0.3) is 5.91 Å². The van der Waals surface area contributed by atoms with Gasteiger partial charge in [-0.05, 0) is 24.1 Å². The van der Waals surface area contributed by atoms with Crippen molar-refractivity contribution in [2.45, 2.75) is 26.3 Å². The first-order valence-corrected chi connectivity index (χ1v) is 9.44. The van der Waals surface area contributed by atoms with Gasteiger partial charge in [0.05, 0.1) is 0 Å². The smallest absolute Gasteiger partial charge is 0.263 e. The van der Waals surface area contributed by atoms with Crippen LogP contribution in [-0.4, -0.2) is 55.2 Å². The molecule has 2 aliphatic rings. The zero-order chi connectivity index (χ0) is 19.1. The fraction of sp³-hybridized carbons (Fsp3) is 0.500.